The van der Waals surface area contributed by atoms with Crippen molar-refractivity contribution < 1.29 is 26.1 Å². The van der Waals surface area contributed by atoms with Crippen LogP contribution < -0.4 is 0 Å². The summed E-state index contributed by atoms with van der Waals surface area (Å²) in [6.07, 6.45) is 0. The molecule has 0 aliphatic heterocycles. The molecule has 0 aliphatic rings. The van der Waals surface area contributed by atoms with Crippen LogP contribution >= 0.6 is 0 Å². The van der Waals surface area contributed by atoms with E-state index in [0.29, 0.717) is 0 Å². The van der Waals surface area contributed by atoms with E-state index >= 15 is 0 Å². The van der Waals surface area contributed by atoms with Crippen molar-refractivity contribution in [2.75, 3.05) is 5.75 Å². The summed E-state index contributed by atoms with van der Waals surface area (Å²) in [6.45, 7) is 3.88. The Kier molecular flexibility index (Phi) is 3.56. The van der Waals surface area contributed by atoms with Crippen molar-refractivity contribution in [3.63, 3.8) is 0 Å². The maximum absolute atomic E-state index is 13.0. The first-order valence-corrected chi connectivity index (χ1v) is 8.50. The summed E-state index contributed by atoms with van der Waals surface area (Å²) in [6, 6.07) is 0. The third kappa shape index (κ3) is 3.65. The molecule has 0 N–H and O–H groups in total. The zero-order valence-electron chi connectivity index (χ0n) is 7.47. The second-order valence-corrected chi connectivity index (χ2v) is 10.5. The van der Waals surface area contributed by atoms with E-state index < -0.39 is 29.5 Å². The maximum Gasteiger partial charge on any atom is 0.303 e. The molecule has 0 saturated heterocycles. The Hall–Kier alpha value is -0.0831. The van der Waals surface area contributed by atoms with Gasteiger partial charge in [-0.25, -0.2) is 8.78 Å². The minimum absolute atomic E-state index is 1.29. The summed E-state index contributed by atoms with van der Waals surface area (Å²) in [5, 5.41) is 0. The fraction of sp³-hybridized carbons (Fsp3) is 1.00. The molecule has 0 unspecified atom stereocenters. The van der Waals surface area contributed by atoms with E-state index in [1.165, 1.54) is 19.6 Å². The number of rotatable bonds is 4. The normalized spacial score (nSPS) is 14.6. The first-order chi connectivity index (χ1) is 5.52. The molecule has 0 rings (SSSR count). The van der Waals surface area contributed by atoms with Gasteiger partial charge in [-0.05, 0) is 4.53 Å². The van der Waals surface area contributed by atoms with E-state index in [0.717, 1.165) is 0 Å². The maximum atomic E-state index is 13.0. The lowest BCUT2D eigenvalue weighted by molar-refractivity contribution is -0.00204. The van der Waals surface area contributed by atoms with Gasteiger partial charge in [0.25, 0.3) is 0 Å². The largest absolute Gasteiger partial charge is 0.303 e. The van der Waals surface area contributed by atoms with Crippen LogP contribution in [0.25, 0.3) is 0 Å². The molecular formula is C5H11F3O3SSi. The number of alkyl halides is 2. The van der Waals surface area contributed by atoms with Gasteiger partial charge in [0, 0.05) is 0 Å². The summed E-state index contributed by atoms with van der Waals surface area (Å²) in [5.41, 5.74) is -3.39. The summed E-state index contributed by atoms with van der Waals surface area (Å²) in [7, 11) is -7.71. The minimum atomic E-state index is -4.74. The highest BCUT2D eigenvalue weighted by atomic mass is 32.2. The smallest absolute Gasteiger partial charge is 0.211 e. The molecule has 0 saturated carbocycles. The van der Waals surface area contributed by atoms with E-state index in [1.807, 2.05) is 0 Å². The Morgan fingerprint density at radius 1 is 1.31 bits per heavy atom. The lowest BCUT2D eigenvalue weighted by Crippen LogP contribution is -2.49. The number of hydrogen-bond donors (Lipinski definition) is 0. The molecule has 0 radical (unpaired) electrons. The molecule has 0 amide bonds. The molecule has 8 heteroatoms. The van der Waals surface area contributed by atoms with Gasteiger partial charge >= 0.3 is 10.1 Å². The monoisotopic (exact) mass is 236 g/mol. The molecule has 0 fully saturated rings. The van der Waals surface area contributed by atoms with E-state index in [-0.39, 0.29) is 0 Å². The van der Waals surface area contributed by atoms with Gasteiger partial charge in [-0.1, -0.05) is 24.0 Å². The van der Waals surface area contributed by atoms with Gasteiger partial charge in [-0.15, -0.1) is 0 Å². The van der Waals surface area contributed by atoms with Gasteiger partial charge in [-0.2, -0.15) is 8.42 Å². The fourth-order valence-electron chi connectivity index (χ4n) is 0.461. The SMILES string of the molecule is C[Si](C)(C)C(F)(F)CS(=O)(=O)OF. The summed E-state index contributed by atoms with van der Waals surface area (Å²) < 4.78 is 60.7. The van der Waals surface area contributed by atoms with Crippen molar-refractivity contribution in [3.8, 4) is 0 Å². The van der Waals surface area contributed by atoms with Crippen molar-refractivity contribution in [1.82, 2.24) is 0 Å². The van der Waals surface area contributed by atoms with Crippen LogP contribution in [0.15, 0.2) is 0 Å². The van der Waals surface area contributed by atoms with Gasteiger partial charge in [0.1, 0.15) is 13.8 Å². The van der Waals surface area contributed by atoms with Gasteiger partial charge in [0.15, 0.2) is 0 Å². The molecule has 0 bridgehead atoms. The van der Waals surface area contributed by atoms with Gasteiger partial charge in [0.05, 0.1) is 0 Å². The van der Waals surface area contributed by atoms with E-state index in [1.54, 1.807) is 0 Å². The van der Waals surface area contributed by atoms with E-state index in [4.69, 9.17) is 0 Å². The number of halogens is 3. The zero-order chi connectivity index (χ0) is 10.9. The van der Waals surface area contributed by atoms with Gasteiger partial charge in [-0.3, -0.25) is 0 Å². The van der Waals surface area contributed by atoms with Crippen LogP contribution in [0.2, 0.25) is 19.6 Å². The van der Waals surface area contributed by atoms with E-state index in [2.05, 4.69) is 4.39 Å². The molecule has 3 nitrogen and oxygen atoms in total. The third-order valence-electron chi connectivity index (χ3n) is 1.55. The van der Waals surface area contributed by atoms with Crippen LogP contribution in [0.4, 0.5) is 13.3 Å². The summed E-state index contributed by atoms with van der Waals surface area (Å²) >= 11 is 0. The lowest BCUT2D eigenvalue weighted by Gasteiger charge is -2.27. The molecule has 0 heterocycles. The van der Waals surface area contributed by atoms with Crippen LogP contribution in [0.1, 0.15) is 0 Å². The molecule has 0 aromatic carbocycles. The van der Waals surface area contributed by atoms with E-state index in [9.17, 15) is 21.7 Å². The van der Waals surface area contributed by atoms with Crippen molar-refractivity contribution in [3.05, 3.63) is 0 Å². The van der Waals surface area contributed by atoms with Crippen molar-refractivity contribution in [1.29, 1.82) is 0 Å². The molecule has 13 heavy (non-hydrogen) atoms. The van der Waals surface area contributed by atoms with Crippen LogP contribution in [0.5, 0.6) is 0 Å². The predicted molar refractivity (Wildman–Crippen MR) is 44.3 cm³/mol. The molecule has 0 aromatic rings. The van der Waals surface area contributed by atoms with Crippen molar-refractivity contribution in [2.45, 2.75) is 25.2 Å². The average molecular weight is 236 g/mol. The highest BCUT2D eigenvalue weighted by Crippen LogP contribution is 2.28. The second-order valence-electron chi connectivity index (χ2n) is 3.72. The average Bonchev–Trinajstić information content (AvgIpc) is 1.83. The molecule has 0 spiro atoms. The van der Waals surface area contributed by atoms with Crippen LogP contribution in [0.3, 0.4) is 0 Å². The second kappa shape index (κ2) is 3.58. The first-order valence-electron chi connectivity index (χ1n) is 3.42. The Morgan fingerprint density at radius 2 is 1.69 bits per heavy atom. The molecule has 0 aromatic heterocycles. The van der Waals surface area contributed by atoms with Crippen molar-refractivity contribution in [2.24, 2.45) is 0 Å². The fourth-order valence-corrected chi connectivity index (χ4v) is 3.21. The zero-order valence-corrected chi connectivity index (χ0v) is 9.29. The Morgan fingerprint density at radius 3 is 1.92 bits per heavy atom. The Bertz CT molecular complexity index is 269. The highest BCUT2D eigenvalue weighted by Gasteiger charge is 2.48. The first kappa shape index (κ1) is 12.9. The molecule has 0 aliphatic carbocycles. The third-order valence-corrected chi connectivity index (χ3v) is 5.09. The molecular weight excluding hydrogens is 225 g/mol. The topological polar surface area (TPSA) is 43.4 Å². The lowest BCUT2D eigenvalue weighted by atomic mass is 10.8. The molecule has 80 valence electrons. The van der Waals surface area contributed by atoms with Gasteiger partial charge in [0.2, 0.25) is 5.55 Å². The predicted octanol–water partition coefficient (Wildman–Crippen LogP) is 1.73. The Labute approximate surface area is 75.9 Å². The standard InChI is InChI=1S/C5H11F3O3SSi/c1-13(2,3)5(6,7)4-12(9,10)11-8/h4H2,1-3H3. The van der Waals surface area contributed by atoms with Crippen LogP contribution in [-0.4, -0.2) is 27.8 Å². The summed E-state index contributed by atoms with van der Waals surface area (Å²) in [4.78, 5) is 0. The minimum Gasteiger partial charge on any atom is -0.211 e. The van der Waals surface area contributed by atoms with Crippen LogP contribution in [0, 0.1) is 0 Å². The highest BCUT2D eigenvalue weighted by molar-refractivity contribution is 7.86. The Balaban J connectivity index is 4.72. The summed E-state index contributed by atoms with van der Waals surface area (Å²) in [5.74, 6) is -1.59. The van der Waals surface area contributed by atoms with Crippen LogP contribution in [-0.2, 0) is 14.5 Å². The molecule has 0 atom stereocenters. The van der Waals surface area contributed by atoms with Gasteiger partial charge < -0.3 is 0 Å². The van der Waals surface area contributed by atoms with Crippen molar-refractivity contribution >= 4 is 18.2 Å². The number of hydrogen-bond acceptors (Lipinski definition) is 3. The quantitative estimate of drug-likeness (QED) is 0.698.